The topological polar surface area (TPSA) is 91.1 Å². The van der Waals surface area contributed by atoms with Crippen LogP contribution in [0.15, 0.2) is 18.2 Å². The van der Waals surface area contributed by atoms with Crippen molar-refractivity contribution in [1.82, 2.24) is 4.90 Å². The highest BCUT2D eigenvalue weighted by molar-refractivity contribution is 7.80. The molecule has 1 aromatic rings. The Bertz CT molecular complexity index is 729. The second-order valence-corrected chi connectivity index (χ2v) is 5.50. The Balaban J connectivity index is 2.63. The largest absolute Gasteiger partial charge is 0.496 e. The van der Waals surface area contributed by atoms with E-state index in [1.807, 2.05) is 0 Å². The molecule has 0 atom stereocenters. The molecule has 0 unspecified atom stereocenters. The molecule has 0 radical (unpaired) electrons. The molecule has 0 aliphatic carbocycles. The van der Waals surface area contributed by atoms with Crippen molar-refractivity contribution in [1.29, 1.82) is 0 Å². The van der Waals surface area contributed by atoms with Crippen LogP contribution >= 0.6 is 12.2 Å². The number of allylic oxidation sites excluding steroid dienone is 1. The molecule has 1 aliphatic rings. The monoisotopic (exact) mass is 350 g/mol. The number of amides is 1. The number of thiocarbonyl (C=S) groups is 1. The Morgan fingerprint density at radius 3 is 2.29 bits per heavy atom. The fourth-order valence-corrected chi connectivity index (χ4v) is 2.75. The van der Waals surface area contributed by atoms with Gasteiger partial charge >= 0.3 is 0 Å². The first-order valence-electron chi connectivity index (χ1n) is 7.04. The third-order valence-electron chi connectivity index (χ3n) is 3.51. The van der Waals surface area contributed by atoms with Crippen LogP contribution < -0.4 is 19.9 Å². The van der Waals surface area contributed by atoms with Crippen LogP contribution in [-0.2, 0) is 9.59 Å². The zero-order valence-corrected chi connectivity index (χ0v) is 14.4. The van der Waals surface area contributed by atoms with E-state index in [-0.39, 0.29) is 18.7 Å². The molecule has 1 aliphatic heterocycles. The molecule has 0 bridgehead atoms. The van der Waals surface area contributed by atoms with E-state index in [0.29, 0.717) is 33.5 Å². The zero-order chi connectivity index (χ0) is 17.9. The van der Waals surface area contributed by atoms with Crippen LogP contribution in [0.1, 0.15) is 12.0 Å². The summed E-state index contributed by atoms with van der Waals surface area (Å²) < 4.78 is 15.9. The van der Waals surface area contributed by atoms with Crippen LogP contribution in [0.2, 0.25) is 0 Å². The Morgan fingerprint density at radius 2 is 1.75 bits per heavy atom. The van der Waals surface area contributed by atoms with Gasteiger partial charge < -0.3 is 24.8 Å². The fourth-order valence-electron chi connectivity index (χ4n) is 2.44. The highest BCUT2D eigenvalue weighted by Crippen LogP contribution is 2.39. The third-order valence-corrected chi connectivity index (χ3v) is 3.88. The van der Waals surface area contributed by atoms with E-state index >= 15 is 0 Å². The van der Waals surface area contributed by atoms with Crippen molar-refractivity contribution in [2.75, 3.05) is 27.9 Å². The predicted molar refractivity (Wildman–Crippen MR) is 92.2 cm³/mol. The summed E-state index contributed by atoms with van der Waals surface area (Å²) in [7, 11) is 4.50. The Morgan fingerprint density at radius 1 is 1.17 bits per heavy atom. The van der Waals surface area contributed by atoms with E-state index in [0.717, 1.165) is 0 Å². The maximum atomic E-state index is 12.0. The van der Waals surface area contributed by atoms with Crippen LogP contribution in [-0.4, -0.2) is 49.5 Å². The first-order chi connectivity index (χ1) is 11.4. The lowest BCUT2D eigenvalue weighted by atomic mass is 10.0. The van der Waals surface area contributed by atoms with Crippen molar-refractivity contribution in [3.63, 3.8) is 0 Å². The van der Waals surface area contributed by atoms with Crippen LogP contribution in [0.25, 0.3) is 5.70 Å². The summed E-state index contributed by atoms with van der Waals surface area (Å²) in [4.78, 5) is 25.2. The smallest absolute Gasteiger partial charge is 0.237 e. The Hall–Kier alpha value is -2.61. The number of primary amides is 1. The maximum Gasteiger partial charge on any atom is 0.237 e. The lowest BCUT2D eigenvalue weighted by Crippen LogP contribution is -2.39. The van der Waals surface area contributed by atoms with Crippen LogP contribution in [0.5, 0.6) is 17.2 Å². The lowest BCUT2D eigenvalue weighted by molar-refractivity contribution is -0.118. The number of benzene rings is 1. The summed E-state index contributed by atoms with van der Waals surface area (Å²) >= 11 is 5.25. The summed E-state index contributed by atoms with van der Waals surface area (Å²) in [5, 5.41) is 0. The standard InChI is InChI=1S/C16H18N2O5S/c1-21-12-7-14(23-3)13(22-2)6-10(12)11-4-9(19)5-16(24)18(11)8-15(17)20/h4,6-7H,5,8H2,1-3H3,(H2,17,20). The minimum absolute atomic E-state index is 0.0573. The van der Waals surface area contributed by atoms with Crippen molar-refractivity contribution in [3.05, 3.63) is 23.8 Å². The van der Waals surface area contributed by atoms with Crippen molar-refractivity contribution in [2.45, 2.75) is 6.42 Å². The van der Waals surface area contributed by atoms with E-state index < -0.39 is 5.91 Å². The van der Waals surface area contributed by atoms with Gasteiger partial charge in [-0.1, -0.05) is 12.2 Å². The number of hydrogen-bond donors (Lipinski definition) is 1. The molecule has 0 saturated heterocycles. The number of rotatable bonds is 6. The van der Waals surface area contributed by atoms with Gasteiger partial charge in [-0.2, -0.15) is 0 Å². The average molecular weight is 350 g/mol. The minimum Gasteiger partial charge on any atom is -0.496 e. The summed E-state index contributed by atoms with van der Waals surface area (Å²) in [6.45, 7) is -0.130. The number of carbonyl (C=O) groups is 2. The van der Waals surface area contributed by atoms with Gasteiger partial charge in [-0.25, -0.2) is 0 Å². The fraction of sp³-hybridized carbons (Fsp3) is 0.312. The molecule has 0 fully saturated rings. The first-order valence-corrected chi connectivity index (χ1v) is 7.45. The molecule has 1 heterocycles. The summed E-state index contributed by atoms with van der Waals surface area (Å²) in [5.74, 6) is 0.664. The van der Waals surface area contributed by atoms with Gasteiger partial charge in [-0.15, -0.1) is 0 Å². The van der Waals surface area contributed by atoms with Gasteiger partial charge in [-0.3, -0.25) is 9.59 Å². The average Bonchev–Trinajstić information content (AvgIpc) is 2.55. The van der Waals surface area contributed by atoms with Gasteiger partial charge in [0.2, 0.25) is 5.91 Å². The number of methoxy groups -OCH3 is 3. The first kappa shape index (κ1) is 17.7. The number of nitrogens with zero attached hydrogens (tertiary/aromatic N) is 1. The van der Waals surface area contributed by atoms with Gasteiger partial charge in [0.15, 0.2) is 17.3 Å². The molecule has 128 valence electrons. The van der Waals surface area contributed by atoms with Gasteiger partial charge in [0.25, 0.3) is 0 Å². The highest BCUT2D eigenvalue weighted by atomic mass is 32.1. The van der Waals surface area contributed by atoms with Crippen molar-refractivity contribution < 1.29 is 23.8 Å². The number of hydrogen-bond acceptors (Lipinski definition) is 6. The molecule has 0 aromatic heterocycles. The quantitative estimate of drug-likeness (QED) is 0.769. The van der Waals surface area contributed by atoms with E-state index in [4.69, 9.17) is 32.2 Å². The van der Waals surface area contributed by atoms with Crippen molar-refractivity contribution >= 4 is 34.6 Å². The second-order valence-electron chi connectivity index (χ2n) is 5.03. The zero-order valence-electron chi connectivity index (χ0n) is 13.6. The van der Waals surface area contributed by atoms with E-state index in [9.17, 15) is 9.59 Å². The normalized spacial score (nSPS) is 14.3. The predicted octanol–water partition coefficient (Wildman–Crippen LogP) is 1.14. The Kier molecular flexibility index (Phi) is 5.40. The highest BCUT2D eigenvalue weighted by Gasteiger charge is 2.28. The number of ether oxygens (including phenoxy) is 3. The number of carbonyl (C=O) groups excluding carboxylic acids is 2. The lowest BCUT2D eigenvalue weighted by Gasteiger charge is -2.30. The Labute approximate surface area is 145 Å². The minimum atomic E-state index is -0.558. The molecule has 1 aromatic carbocycles. The van der Waals surface area contributed by atoms with Crippen LogP contribution in [0.3, 0.4) is 0 Å². The second kappa shape index (κ2) is 7.31. The van der Waals surface area contributed by atoms with Gasteiger partial charge in [-0.05, 0) is 6.07 Å². The number of ketones is 1. The molecule has 2 N–H and O–H groups in total. The molecule has 1 amide bonds. The summed E-state index contributed by atoms with van der Waals surface area (Å²) in [6, 6.07) is 3.30. The van der Waals surface area contributed by atoms with E-state index in [1.165, 1.54) is 32.3 Å². The molecule has 2 rings (SSSR count). The third kappa shape index (κ3) is 3.48. The van der Waals surface area contributed by atoms with Gasteiger partial charge in [0, 0.05) is 17.7 Å². The van der Waals surface area contributed by atoms with Crippen LogP contribution in [0.4, 0.5) is 0 Å². The summed E-state index contributed by atoms with van der Waals surface area (Å²) in [5.41, 5.74) is 6.29. The van der Waals surface area contributed by atoms with Gasteiger partial charge in [0.05, 0.1) is 38.4 Å². The van der Waals surface area contributed by atoms with Crippen molar-refractivity contribution in [3.8, 4) is 17.2 Å². The van der Waals surface area contributed by atoms with E-state index in [2.05, 4.69) is 0 Å². The van der Waals surface area contributed by atoms with Crippen LogP contribution in [0, 0.1) is 0 Å². The molecule has 24 heavy (non-hydrogen) atoms. The van der Waals surface area contributed by atoms with E-state index in [1.54, 1.807) is 12.1 Å². The number of nitrogens with two attached hydrogens (primary N) is 1. The molecular weight excluding hydrogens is 332 g/mol. The molecule has 8 heteroatoms. The van der Waals surface area contributed by atoms with Crippen molar-refractivity contribution in [2.24, 2.45) is 5.73 Å². The summed E-state index contributed by atoms with van der Waals surface area (Å²) in [6.07, 6.45) is 1.48. The molecule has 7 nitrogen and oxygen atoms in total. The SMILES string of the molecule is COc1cc(OC)c(C2=CC(=O)CC(=S)N2CC(N)=O)cc1OC. The molecule has 0 spiro atoms. The molecular formula is C16H18N2O5S. The molecule has 0 saturated carbocycles. The van der Waals surface area contributed by atoms with Gasteiger partial charge in [0.1, 0.15) is 12.3 Å². The maximum absolute atomic E-state index is 12.0.